The lowest BCUT2D eigenvalue weighted by Gasteiger charge is -2.37. The molecule has 2 aliphatic carbocycles. The van der Waals surface area contributed by atoms with Gasteiger partial charge in [0.2, 0.25) is 5.91 Å². The summed E-state index contributed by atoms with van der Waals surface area (Å²) in [5.74, 6) is 0.181. The van der Waals surface area contributed by atoms with E-state index >= 15 is 0 Å². The molecule has 0 bridgehead atoms. The number of fused-ring (bicyclic) bond motifs is 2. The number of nitrogens with zero attached hydrogens (tertiary/aromatic N) is 3. The van der Waals surface area contributed by atoms with E-state index in [0.29, 0.717) is 6.04 Å². The Morgan fingerprint density at radius 2 is 2.00 bits per heavy atom. The number of carbonyl (C=O) groups is 1. The number of aromatic nitrogens is 2. The van der Waals surface area contributed by atoms with Crippen LogP contribution in [0.1, 0.15) is 63.0 Å². The van der Waals surface area contributed by atoms with Gasteiger partial charge >= 0.3 is 0 Å². The van der Waals surface area contributed by atoms with Gasteiger partial charge in [-0.1, -0.05) is 25.7 Å². The molecule has 0 aromatic carbocycles. The molecule has 1 N–H and O–H groups in total. The molecule has 1 aromatic rings. The van der Waals surface area contributed by atoms with E-state index in [4.69, 9.17) is 0 Å². The number of nitriles is 1. The molecule has 1 amide bonds. The molecule has 110 valence electrons. The van der Waals surface area contributed by atoms with Crippen LogP contribution in [0.5, 0.6) is 0 Å². The highest BCUT2D eigenvalue weighted by molar-refractivity contribution is 5.98. The molecule has 0 radical (unpaired) electrons. The Hall–Kier alpha value is -1.83. The van der Waals surface area contributed by atoms with Crippen LogP contribution in [0.4, 0.5) is 5.82 Å². The number of rotatable bonds is 1. The largest absolute Gasteiger partial charge is 0.309 e. The summed E-state index contributed by atoms with van der Waals surface area (Å²) in [5, 5.41) is 17.1. The van der Waals surface area contributed by atoms with Gasteiger partial charge in [0.05, 0.1) is 18.3 Å². The van der Waals surface area contributed by atoms with Gasteiger partial charge in [0.1, 0.15) is 11.7 Å². The Balaban J connectivity index is 1.83. The molecule has 5 nitrogen and oxygen atoms in total. The van der Waals surface area contributed by atoms with E-state index in [1.807, 2.05) is 10.9 Å². The molecule has 3 aliphatic rings. The van der Waals surface area contributed by atoms with Gasteiger partial charge in [0.25, 0.3) is 0 Å². The van der Waals surface area contributed by atoms with E-state index in [1.165, 1.54) is 12.8 Å². The molecular weight excluding hydrogens is 264 g/mol. The van der Waals surface area contributed by atoms with Crippen LogP contribution in [-0.2, 0) is 10.2 Å². The third kappa shape index (κ3) is 1.68. The van der Waals surface area contributed by atoms with Crippen molar-refractivity contribution in [2.75, 3.05) is 5.32 Å². The Kier molecular flexibility index (Phi) is 2.81. The molecule has 5 heteroatoms. The Bertz CT molecular complexity index is 615. The molecular formula is C16H20N4O. The van der Waals surface area contributed by atoms with Crippen LogP contribution in [-0.4, -0.2) is 15.7 Å². The van der Waals surface area contributed by atoms with Crippen molar-refractivity contribution in [1.82, 2.24) is 9.78 Å². The zero-order valence-corrected chi connectivity index (χ0v) is 12.1. The minimum Gasteiger partial charge on any atom is -0.309 e. The van der Waals surface area contributed by atoms with Crippen LogP contribution in [0, 0.1) is 17.2 Å². The topological polar surface area (TPSA) is 70.7 Å². The molecule has 2 fully saturated rings. The molecule has 2 saturated carbocycles. The molecule has 2 heterocycles. The standard InChI is InChI=1S/C16H20N4O/c17-9-12-15(21)19-14-13(16(12)7-3-4-8-16)10-18-20(14)11-5-1-2-6-11/h10-12H,1-8H2,(H,19,21)/t12-/m1/s1. The first-order valence-corrected chi connectivity index (χ1v) is 8.05. The number of carbonyl (C=O) groups excluding carboxylic acids is 1. The van der Waals surface area contributed by atoms with E-state index in [1.54, 1.807) is 0 Å². The van der Waals surface area contributed by atoms with Crippen molar-refractivity contribution in [2.24, 2.45) is 5.92 Å². The highest BCUT2D eigenvalue weighted by atomic mass is 16.2. The predicted octanol–water partition coefficient (Wildman–Crippen LogP) is 2.90. The van der Waals surface area contributed by atoms with Crippen molar-refractivity contribution in [2.45, 2.75) is 62.8 Å². The van der Waals surface area contributed by atoms with Crippen molar-refractivity contribution in [3.8, 4) is 6.07 Å². The quantitative estimate of drug-likeness (QED) is 0.862. The van der Waals surface area contributed by atoms with Crippen molar-refractivity contribution < 1.29 is 4.79 Å². The van der Waals surface area contributed by atoms with Gasteiger partial charge in [-0.15, -0.1) is 0 Å². The van der Waals surface area contributed by atoms with Crippen LogP contribution < -0.4 is 5.32 Å². The zero-order chi connectivity index (χ0) is 14.4. The summed E-state index contributed by atoms with van der Waals surface area (Å²) in [7, 11) is 0. The smallest absolute Gasteiger partial charge is 0.243 e. The molecule has 4 rings (SSSR count). The predicted molar refractivity (Wildman–Crippen MR) is 77.6 cm³/mol. The van der Waals surface area contributed by atoms with Crippen molar-refractivity contribution >= 4 is 11.7 Å². The second-order valence-electron chi connectivity index (χ2n) is 6.70. The molecule has 1 spiro atoms. The maximum atomic E-state index is 12.4. The van der Waals surface area contributed by atoms with Gasteiger partial charge in [-0.25, -0.2) is 4.68 Å². The summed E-state index contributed by atoms with van der Waals surface area (Å²) in [4.78, 5) is 12.4. The molecule has 1 aliphatic heterocycles. The number of hydrogen-bond acceptors (Lipinski definition) is 3. The summed E-state index contributed by atoms with van der Waals surface area (Å²) in [5.41, 5.74) is 0.821. The van der Waals surface area contributed by atoms with Crippen LogP contribution >= 0.6 is 0 Å². The third-order valence-electron chi connectivity index (χ3n) is 5.68. The van der Waals surface area contributed by atoms with Crippen molar-refractivity contribution in [1.29, 1.82) is 5.26 Å². The lowest BCUT2D eigenvalue weighted by Crippen LogP contribution is -2.44. The molecule has 1 atom stereocenters. The first-order chi connectivity index (χ1) is 10.3. The first-order valence-electron chi connectivity index (χ1n) is 8.05. The van der Waals surface area contributed by atoms with Gasteiger partial charge < -0.3 is 5.32 Å². The monoisotopic (exact) mass is 284 g/mol. The molecule has 21 heavy (non-hydrogen) atoms. The Morgan fingerprint density at radius 1 is 1.29 bits per heavy atom. The van der Waals surface area contributed by atoms with Crippen molar-refractivity contribution in [3.63, 3.8) is 0 Å². The second-order valence-corrected chi connectivity index (χ2v) is 6.70. The lowest BCUT2D eigenvalue weighted by atomic mass is 9.68. The minimum atomic E-state index is -0.561. The molecule has 0 unspecified atom stereocenters. The first kappa shape index (κ1) is 12.9. The third-order valence-corrected chi connectivity index (χ3v) is 5.68. The number of anilines is 1. The molecule has 1 aromatic heterocycles. The van der Waals surface area contributed by atoms with Crippen LogP contribution in [0.2, 0.25) is 0 Å². The van der Waals surface area contributed by atoms with E-state index in [-0.39, 0.29) is 11.3 Å². The fraction of sp³-hybridized carbons (Fsp3) is 0.688. The van der Waals surface area contributed by atoms with Gasteiger partial charge in [-0.3, -0.25) is 4.79 Å². The normalized spacial score (nSPS) is 27.6. The summed E-state index contributed by atoms with van der Waals surface area (Å²) in [6.45, 7) is 0. The van der Waals surface area contributed by atoms with Crippen LogP contribution in [0.3, 0.4) is 0 Å². The lowest BCUT2D eigenvalue weighted by molar-refractivity contribution is -0.120. The van der Waals surface area contributed by atoms with E-state index in [0.717, 1.165) is 49.9 Å². The Labute approximate surface area is 124 Å². The second kappa shape index (κ2) is 4.59. The fourth-order valence-electron chi connectivity index (χ4n) is 4.62. The maximum absolute atomic E-state index is 12.4. The summed E-state index contributed by atoms with van der Waals surface area (Å²) in [6.07, 6.45) is 10.7. The fourth-order valence-corrected chi connectivity index (χ4v) is 4.62. The average molecular weight is 284 g/mol. The van der Waals surface area contributed by atoms with Crippen LogP contribution in [0.15, 0.2) is 6.20 Å². The molecule has 0 saturated heterocycles. The number of hydrogen-bond donors (Lipinski definition) is 1. The van der Waals surface area contributed by atoms with Gasteiger partial charge in [-0.2, -0.15) is 10.4 Å². The Morgan fingerprint density at radius 3 is 2.67 bits per heavy atom. The summed E-state index contributed by atoms with van der Waals surface area (Å²) in [6, 6.07) is 2.67. The summed E-state index contributed by atoms with van der Waals surface area (Å²) >= 11 is 0. The number of amides is 1. The van der Waals surface area contributed by atoms with Crippen LogP contribution in [0.25, 0.3) is 0 Å². The zero-order valence-electron chi connectivity index (χ0n) is 12.1. The summed E-state index contributed by atoms with van der Waals surface area (Å²) < 4.78 is 2.02. The number of nitrogens with one attached hydrogen (secondary N) is 1. The van der Waals surface area contributed by atoms with Gasteiger partial charge in [0.15, 0.2) is 0 Å². The van der Waals surface area contributed by atoms with Gasteiger partial charge in [-0.05, 0) is 25.7 Å². The highest BCUT2D eigenvalue weighted by Crippen LogP contribution is 2.52. The van der Waals surface area contributed by atoms with Gasteiger partial charge in [0, 0.05) is 11.0 Å². The minimum absolute atomic E-state index is 0.133. The van der Waals surface area contributed by atoms with E-state index in [9.17, 15) is 10.1 Å². The SMILES string of the molecule is N#C[C@@H]1C(=O)Nc2c(cnn2C2CCCC2)C12CCCC2. The average Bonchev–Trinajstić information content (AvgIpc) is 3.18. The highest BCUT2D eigenvalue weighted by Gasteiger charge is 2.52. The van der Waals surface area contributed by atoms with Crippen molar-refractivity contribution in [3.05, 3.63) is 11.8 Å². The van der Waals surface area contributed by atoms with E-state index < -0.39 is 5.92 Å². The van der Waals surface area contributed by atoms with E-state index in [2.05, 4.69) is 16.5 Å². The maximum Gasteiger partial charge on any atom is 0.243 e.